The van der Waals surface area contributed by atoms with Crippen molar-refractivity contribution < 1.29 is 4.39 Å². The zero-order valence-corrected chi connectivity index (χ0v) is 12.8. The molecule has 108 valence electrons. The third-order valence-corrected chi connectivity index (χ3v) is 4.26. The van der Waals surface area contributed by atoms with Gasteiger partial charge in [0, 0.05) is 28.5 Å². The highest BCUT2D eigenvalue weighted by Gasteiger charge is 2.07. The largest absolute Gasteiger partial charge is 0.367 e. The van der Waals surface area contributed by atoms with Gasteiger partial charge in [0.15, 0.2) is 0 Å². The number of nitrogens with zero attached hydrogens (tertiary/aromatic N) is 1. The molecular formula is C16H21FN2S. The van der Waals surface area contributed by atoms with E-state index in [4.69, 9.17) is 0 Å². The van der Waals surface area contributed by atoms with Gasteiger partial charge in [0.2, 0.25) is 0 Å². The summed E-state index contributed by atoms with van der Waals surface area (Å²) in [4.78, 5) is 4.95. The summed E-state index contributed by atoms with van der Waals surface area (Å²) in [6.45, 7) is 7.94. The van der Waals surface area contributed by atoms with Crippen LogP contribution in [0.4, 0.5) is 10.1 Å². The van der Waals surface area contributed by atoms with Crippen molar-refractivity contribution in [3.05, 3.63) is 52.0 Å². The molecule has 0 unspecified atom stereocenters. The Bertz CT molecular complexity index is 522. The summed E-state index contributed by atoms with van der Waals surface area (Å²) in [5, 5.41) is 3.34. The molecule has 2 rings (SSSR count). The first kappa shape index (κ1) is 15.0. The number of rotatable bonds is 7. The first-order valence-corrected chi connectivity index (χ1v) is 7.83. The van der Waals surface area contributed by atoms with Crippen LogP contribution in [0.25, 0.3) is 0 Å². The molecule has 0 saturated heterocycles. The predicted octanol–water partition coefficient (Wildman–Crippen LogP) is 4.02. The molecule has 0 aliphatic heterocycles. The van der Waals surface area contributed by atoms with Crippen molar-refractivity contribution in [3.63, 3.8) is 0 Å². The number of halogens is 1. The lowest BCUT2D eigenvalue weighted by atomic mass is 10.2. The van der Waals surface area contributed by atoms with E-state index in [9.17, 15) is 4.39 Å². The van der Waals surface area contributed by atoms with Gasteiger partial charge in [-0.3, -0.25) is 0 Å². The van der Waals surface area contributed by atoms with E-state index in [1.165, 1.54) is 21.9 Å². The zero-order valence-electron chi connectivity index (χ0n) is 12.0. The Labute approximate surface area is 124 Å². The van der Waals surface area contributed by atoms with Crippen LogP contribution in [0.5, 0.6) is 0 Å². The summed E-state index contributed by atoms with van der Waals surface area (Å²) < 4.78 is 13.0. The molecular weight excluding hydrogens is 271 g/mol. The molecule has 4 heteroatoms. The minimum Gasteiger partial charge on any atom is -0.367 e. The quantitative estimate of drug-likeness (QED) is 0.829. The van der Waals surface area contributed by atoms with Gasteiger partial charge in [0.05, 0.1) is 6.54 Å². The monoisotopic (exact) mass is 292 g/mol. The lowest BCUT2D eigenvalue weighted by Crippen LogP contribution is -2.21. The minimum atomic E-state index is -0.186. The van der Waals surface area contributed by atoms with E-state index >= 15 is 0 Å². The van der Waals surface area contributed by atoms with Gasteiger partial charge in [-0.2, -0.15) is 0 Å². The van der Waals surface area contributed by atoms with Crippen molar-refractivity contribution in [1.29, 1.82) is 0 Å². The van der Waals surface area contributed by atoms with Gasteiger partial charge in [-0.25, -0.2) is 4.39 Å². The van der Waals surface area contributed by atoms with E-state index in [1.54, 1.807) is 0 Å². The molecule has 2 nitrogen and oxygen atoms in total. The molecule has 1 N–H and O–H groups in total. The van der Waals surface area contributed by atoms with Gasteiger partial charge in [-0.15, -0.1) is 11.3 Å². The molecule has 1 aromatic heterocycles. The highest BCUT2D eigenvalue weighted by molar-refractivity contribution is 7.12. The van der Waals surface area contributed by atoms with Crippen molar-refractivity contribution in [2.24, 2.45) is 0 Å². The van der Waals surface area contributed by atoms with Crippen molar-refractivity contribution >= 4 is 17.0 Å². The van der Waals surface area contributed by atoms with Crippen LogP contribution in [0.15, 0.2) is 36.4 Å². The van der Waals surface area contributed by atoms with Gasteiger partial charge >= 0.3 is 0 Å². The van der Waals surface area contributed by atoms with Crippen LogP contribution in [0, 0.1) is 5.82 Å². The fraction of sp³-hybridized carbons (Fsp3) is 0.375. The summed E-state index contributed by atoms with van der Waals surface area (Å²) in [6, 6.07) is 11.1. The topological polar surface area (TPSA) is 15.3 Å². The third kappa shape index (κ3) is 4.05. The van der Waals surface area contributed by atoms with Gasteiger partial charge < -0.3 is 10.2 Å². The summed E-state index contributed by atoms with van der Waals surface area (Å²) in [5.41, 5.74) is 1.07. The Kier molecular flexibility index (Phi) is 5.56. The van der Waals surface area contributed by atoms with E-state index in [0.29, 0.717) is 0 Å². The number of hydrogen-bond acceptors (Lipinski definition) is 3. The van der Waals surface area contributed by atoms with Crippen LogP contribution in [0.1, 0.15) is 23.6 Å². The SMILES string of the molecule is CCNCc1ccc(CN(CC)c2ccc(F)cc2)s1. The Morgan fingerprint density at radius 2 is 1.75 bits per heavy atom. The molecule has 0 saturated carbocycles. The normalized spacial score (nSPS) is 10.8. The average molecular weight is 292 g/mol. The smallest absolute Gasteiger partial charge is 0.123 e. The summed E-state index contributed by atoms with van der Waals surface area (Å²) in [6.07, 6.45) is 0. The van der Waals surface area contributed by atoms with Gasteiger partial charge in [0.1, 0.15) is 5.82 Å². The predicted molar refractivity (Wildman–Crippen MR) is 84.8 cm³/mol. The number of benzene rings is 1. The maximum absolute atomic E-state index is 13.0. The molecule has 0 amide bonds. The molecule has 2 aromatic rings. The van der Waals surface area contributed by atoms with Crippen LogP contribution < -0.4 is 10.2 Å². The fourth-order valence-corrected chi connectivity index (χ4v) is 3.08. The molecule has 20 heavy (non-hydrogen) atoms. The van der Waals surface area contributed by atoms with Crippen molar-refractivity contribution in [3.8, 4) is 0 Å². The Hall–Kier alpha value is -1.39. The second-order valence-corrected chi connectivity index (χ2v) is 5.89. The van der Waals surface area contributed by atoms with Crippen LogP contribution in [-0.4, -0.2) is 13.1 Å². The lowest BCUT2D eigenvalue weighted by molar-refractivity contribution is 0.627. The Morgan fingerprint density at radius 3 is 2.40 bits per heavy atom. The van der Waals surface area contributed by atoms with E-state index in [2.05, 4.69) is 36.2 Å². The van der Waals surface area contributed by atoms with E-state index in [0.717, 1.165) is 31.9 Å². The molecule has 0 atom stereocenters. The average Bonchev–Trinajstić information content (AvgIpc) is 2.91. The maximum atomic E-state index is 13.0. The van der Waals surface area contributed by atoms with Crippen LogP contribution in [-0.2, 0) is 13.1 Å². The van der Waals surface area contributed by atoms with Crippen LogP contribution >= 0.6 is 11.3 Å². The molecule has 0 aliphatic carbocycles. The number of nitrogens with one attached hydrogen (secondary N) is 1. The maximum Gasteiger partial charge on any atom is 0.123 e. The Morgan fingerprint density at radius 1 is 1.05 bits per heavy atom. The number of thiophene rings is 1. The molecule has 1 aromatic carbocycles. The van der Waals surface area contributed by atoms with E-state index in [1.807, 2.05) is 23.5 Å². The summed E-state index contributed by atoms with van der Waals surface area (Å²) in [7, 11) is 0. The molecule has 0 aliphatic rings. The first-order valence-electron chi connectivity index (χ1n) is 7.01. The molecule has 1 heterocycles. The van der Waals surface area contributed by atoms with Crippen molar-refractivity contribution in [1.82, 2.24) is 5.32 Å². The molecule has 0 fully saturated rings. The first-order chi connectivity index (χ1) is 9.72. The summed E-state index contributed by atoms with van der Waals surface area (Å²) >= 11 is 1.84. The standard InChI is InChI=1S/C16H21FN2S/c1-3-18-11-15-9-10-16(20-15)12-19(4-2)14-7-5-13(17)6-8-14/h5-10,18H,3-4,11-12H2,1-2H3. The van der Waals surface area contributed by atoms with E-state index in [-0.39, 0.29) is 5.82 Å². The van der Waals surface area contributed by atoms with Crippen LogP contribution in [0.3, 0.4) is 0 Å². The van der Waals surface area contributed by atoms with Gasteiger partial charge in [0.25, 0.3) is 0 Å². The molecule has 0 spiro atoms. The third-order valence-electron chi connectivity index (χ3n) is 3.19. The Balaban J connectivity index is 2.02. The van der Waals surface area contributed by atoms with Gasteiger partial charge in [-0.1, -0.05) is 6.92 Å². The number of hydrogen-bond donors (Lipinski definition) is 1. The second-order valence-electron chi connectivity index (χ2n) is 4.64. The van der Waals surface area contributed by atoms with Crippen molar-refractivity contribution in [2.75, 3.05) is 18.0 Å². The number of anilines is 1. The van der Waals surface area contributed by atoms with Gasteiger partial charge in [-0.05, 0) is 49.9 Å². The van der Waals surface area contributed by atoms with E-state index < -0.39 is 0 Å². The lowest BCUT2D eigenvalue weighted by Gasteiger charge is -2.22. The highest BCUT2D eigenvalue weighted by Crippen LogP contribution is 2.22. The molecule has 0 radical (unpaired) electrons. The molecule has 0 bridgehead atoms. The second kappa shape index (κ2) is 7.41. The van der Waals surface area contributed by atoms with Crippen molar-refractivity contribution in [2.45, 2.75) is 26.9 Å². The zero-order chi connectivity index (χ0) is 14.4. The minimum absolute atomic E-state index is 0.186. The highest BCUT2D eigenvalue weighted by atomic mass is 32.1. The van der Waals surface area contributed by atoms with Crippen LogP contribution in [0.2, 0.25) is 0 Å². The fourth-order valence-electron chi connectivity index (χ4n) is 2.08. The summed E-state index contributed by atoms with van der Waals surface area (Å²) in [5.74, 6) is -0.186.